The van der Waals surface area contributed by atoms with Gasteiger partial charge in [0.05, 0.1) is 19.8 Å². The van der Waals surface area contributed by atoms with E-state index < -0.39 is 0 Å². The molecule has 0 fully saturated rings. The third kappa shape index (κ3) is 4.46. The molecule has 0 saturated heterocycles. The zero-order chi connectivity index (χ0) is 21.6. The lowest BCUT2D eigenvalue weighted by molar-refractivity contribution is 0.103. The maximum atomic E-state index is 13.1. The molecule has 4 rings (SSSR count). The van der Waals surface area contributed by atoms with Crippen molar-refractivity contribution in [1.29, 1.82) is 0 Å². The highest BCUT2D eigenvalue weighted by molar-refractivity contribution is 6.16. The number of rotatable bonds is 8. The number of benzene rings is 3. The Morgan fingerprint density at radius 3 is 2.52 bits per heavy atom. The van der Waals surface area contributed by atoms with E-state index in [1.54, 1.807) is 31.4 Å². The molecule has 31 heavy (non-hydrogen) atoms. The number of hydrogen-bond acceptors (Lipinski definition) is 5. The zero-order valence-corrected chi connectivity index (χ0v) is 17.3. The van der Waals surface area contributed by atoms with Crippen molar-refractivity contribution < 1.29 is 23.4 Å². The second-order valence-electron chi connectivity index (χ2n) is 6.83. The van der Waals surface area contributed by atoms with Gasteiger partial charge in [0.25, 0.3) is 0 Å². The summed E-state index contributed by atoms with van der Waals surface area (Å²) in [5.74, 6) is 1.56. The number of ketones is 1. The summed E-state index contributed by atoms with van der Waals surface area (Å²) < 4.78 is 22.0. The molecule has 1 aromatic heterocycles. The molecule has 0 amide bonds. The summed E-state index contributed by atoms with van der Waals surface area (Å²) >= 11 is 0. The molecule has 0 aliphatic carbocycles. The standard InChI is InChI=1S/C26H22O5/c1-28-24-12-10-19(15-25(24)29-2)26(27)22-17-31-23-13-11-20(16-21(22)23)30-14-6-9-18-7-4-3-5-8-18/h3-13,15-17H,14H2,1-2H3/b9-6+. The molecule has 0 unspecified atom stereocenters. The van der Waals surface area contributed by atoms with Gasteiger partial charge in [-0.25, -0.2) is 0 Å². The van der Waals surface area contributed by atoms with Crippen LogP contribution in [-0.2, 0) is 0 Å². The highest BCUT2D eigenvalue weighted by Crippen LogP contribution is 2.31. The van der Waals surface area contributed by atoms with Gasteiger partial charge in [-0.1, -0.05) is 36.4 Å². The van der Waals surface area contributed by atoms with Crippen LogP contribution in [0.5, 0.6) is 17.2 Å². The number of furan rings is 1. The summed E-state index contributed by atoms with van der Waals surface area (Å²) in [5, 5.41) is 0.698. The monoisotopic (exact) mass is 414 g/mol. The number of fused-ring (bicyclic) bond motifs is 1. The van der Waals surface area contributed by atoms with E-state index in [2.05, 4.69) is 0 Å². The van der Waals surface area contributed by atoms with Gasteiger partial charge in [0.1, 0.15) is 24.2 Å². The normalized spacial score (nSPS) is 11.0. The SMILES string of the molecule is COc1ccc(C(=O)c2coc3ccc(OC/C=C/c4ccccc4)cc23)cc1OC. The largest absolute Gasteiger partial charge is 0.493 e. The molecule has 5 nitrogen and oxygen atoms in total. The fourth-order valence-corrected chi connectivity index (χ4v) is 3.30. The van der Waals surface area contributed by atoms with Crippen LogP contribution >= 0.6 is 0 Å². The van der Waals surface area contributed by atoms with Gasteiger partial charge in [0.2, 0.25) is 0 Å². The summed E-state index contributed by atoms with van der Waals surface area (Å²) in [7, 11) is 3.09. The number of methoxy groups -OCH3 is 2. The van der Waals surface area contributed by atoms with E-state index in [9.17, 15) is 4.79 Å². The predicted octanol–water partition coefficient (Wildman–Crippen LogP) is 5.77. The lowest BCUT2D eigenvalue weighted by Gasteiger charge is -2.09. The molecule has 156 valence electrons. The van der Waals surface area contributed by atoms with Crippen LogP contribution < -0.4 is 14.2 Å². The van der Waals surface area contributed by atoms with Crippen LogP contribution in [0.2, 0.25) is 0 Å². The van der Waals surface area contributed by atoms with Crippen LogP contribution in [0.25, 0.3) is 17.0 Å². The third-order valence-electron chi connectivity index (χ3n) is 4.89. The van der Waals surface area contributed by atoms with Gasteiger partial charge in [-0.3, -0.25) is 4.79 Å². The molecule has 0 saturated carbocycles. The fourth-order valence-electron chi connectivity index (χ4n) is 3.30. The number of hydrogen-bond donors (Lipinski definition) is 0. The number of ether oxygens (including phenoxy) is 3. The Hall–Kier alpha value is -3.99. The Labute approximate surface area is 180 Å². The highest BCUT2D eigenvalue weighted by Gasteiger charge is 2.18. The van der Waals surface area contributed by atoms with Crippen LogP contribution in [0.4, 0.5) is 0 Å². The van der Waals surface area contributed by atoms with Crippen molar-refractivity contribution in [3.05, 3.63) is 95.8 Å². The Kier molecular flexibility index (Phi) is 6.03. The first kappa shape index (κ1) is 20.3. The third-order valence-corrected chi connectivity index (χ3v) is 4.89. The Morgan fingerprint density at radius 1 is 0.935 bits per heavy atom. The van der Waals surface area contributed by atoms with Gasteiger partial charge in [-0.2, -0.15) is 0 Å². The Balaban J connectivity index is 1.54. The van der Waals surface area contributed by atoms with Crippen LogP contribution in [-0.4, -0.2) is 26.6 Å². The lowest BCUT2D eigenvalue weighted by atomic mass is 10.0. The summed E-state index contributed by atoms with van der Waals surface area (Å²) in [5.41, 5.74) is 2.68. The van der Waals surface area contributed by atoms with Crippen molar-refractivity contribution >= 4 is 22.8 Å². The molecule has 4 aromatic rings. The summed E-state index contributed by atoms with van der Waals surface area (Å²) in [6.45, 7) is 0.414. The maximum Gasteiger partial charge on any atom is 0.197 e. The lowest BCUT2D eigenvalue weighted by Crippen LogP contribution is -2.02. The first-order chi connectivity index (χ1) is 15.2. The molecule has 0 aliphatic heterocycles. The van der Waals surface area contributed by atoms with Crippen LogP contribution in [0.1, 0.15) is 21.5 Å². The maximum absolute atomic E-state index is 13.1. The van der Waals surface area contributed by atoms with E-state index in [4.69, 9.17) is 18.6 Å². The van der Waals surface area contributed by atoms with Crippen LogP contribution in [0.15, 0.2) is 83.5 Å². The minimum atomic E-state index is -0.166. The molecular formula is C26H22O5. The average Bonchev–Trinajstić information content (AvgIpc) is 3.25. The van der Waals surface area contributed by atoms with Gasteiger partial charge in [0, 0.05) is 10.9 Å². The smallest absolute Gasteiger partial charge is 0.197 e. The molecule has 0 atom stereocenters. The first-order valence-electron chi connectivity index (χ1n) is 9.82. The quantitative estimate of drug-likeness (QED) is 0.343. The molecule has 1 heterocycles. The van der Waals surface area contributed by atoms with Crippen LogP contribution in [0.3, 0.4) is 0 Å². The highest BCUT2D eigenvalue weighted by atomic mass is 16.5. The first-order valence-corrected chi connectivity index (χ1v) is 9.82. The fraction of sp³-hybridized carbons (Fsp3) is 0.115. The van der Waals surface area contributed by atoms with Crippen molar-refractivity contribution in [1.82, 2.24) is 0 Å². The van der Waals surface area contributed by atoms with Gasteiger partial charge in [0.15, 0.2) is 17.3 Å². The summed E-state index contributed by atoms with van der Waals surface area (Å²) in [6, 6.07) is 20.5. The van der Waals surface area contributed by atoms with E-state index in [1.807, 2.05) is 54.6 Å². The minimum Gasteiger partial charge on any atom is -0.493 e. The predicted molar refractivity (Wildman–Crippen MR) is 120 cm³/mol. The number of carbonyl (C=O) groups excluding carboxylic acids is 1. The van der Waals surface area contributed by atoms with Crippen molar-refractivity contribution in [3.63, 3.8) is 0 Å². The molecule has 0 N–H and O–H groups in total. The van der Waals surface area contributed by atoms with Gasteiger partial charge in [-0.15, -0.1) is 0 Å². The van der Waals surface area contributed by atoms with E-state index in [0.717, 1.165) is 5.56 Å². The van der Waals surface area contributed by atoms with Crippen molar-refractivity contribution in [3.8, 4) is 17.2 Å². The summed E-state index contributed by atoms with van der Waals surface area (Å²) in [6.07, 6.45) is 5.43. The minimum absolute atomic E-state index is 0.166. The van der Waals surface area contributed by atoms with Gasteiger partial charge in [-0.05, 0) is 48.0 Å². The van der Waals surface area contributed by atoms with Gasteiger partial charge >= 0.3 is 0 Å². The van der Waals surface area contributed by atoms with Crippen molar-refractivity contribution in [2.24, 2.45) is 0 Å². The molecule has 0 radical (unpaired) electrons. The average molecular weight is 414 g/mol. The van der Waals surface area contributed by atoms with Crippen LogP contribution in [0, 0.1) is 0 Å². The topological polar surface area (TPSA) is 57.9 Å². The van der Waals surface area contributed by atoms with Crippen molar-refractivity contribution in [2.75, 3.05) is 20.8 Å². The van der Waals surface area contributed by atoms with E-state index in [0.29, 0.717) is 46.0 Å². The second-order valence-corrected chi connectivity index (χ2v) is 6.83. The molecule has 0 bridgehead atoms. The Morgan fingerprint density at radius 2 is 1.74 bits per heavy atom. The van der Waals surface area contributed by atoms with E-state index >= 15 is 0 Å². The molecule has 0 aliphatic rings. The second kappa shape index (κ2) is 9.22. The number of carbonyl (C=O) groups is 1. The van der Waals surface area contributed by atoms with E-state index in [1.165, 1.54) is 13.4 Å². The molecule has 5 heteroatoms. The molecular weight excluding hydrogens is 392 g/mol. The molecule has 0 spiro atoms. The molecule has 3 aromatic carbocycles. The van der Waals surface area contributed by atoms with E-state index in [-0.39, 0.29) is 5.78 Å². The summed E-state index contributed by atoms with van der Waals surface area (Å²) in [4.78, 5) is 13.1. The Bertz CT molecular complexity index is 1220. The van der Waals surface area contributed by atoms with Gasteiger partial charge < -0.3 is 18.6 Å². The van der Waals surface area contributed by atoms with Crippen molar-refractivity contribution in [2.45, 2.75) is 0 Å². The zero-order valence-electron chi connectivity index (χ0n) is 17.3.